The zero-order valence-corrected chi connectivity index (χ0v) is 20.7. The summed E-state index contributed by atoms with van der Waals surface area (Å²) in [6.45, 7) is 7.23. The number of anilines is 1. The molecule has 2 amide bonds. The summed E-state index contributed by atoms with van der Waals surface area (Å²) in [5.41, 5.74) is 2.89. The molecule has 3 aromatic rings. The van der Waals surface area contributed by atoms with Gasteiger partial charge in [0.15, 0.2) is 0 Å². The average Bonchev–Trinajstić information content (AvgIpc) is 3.33. The predicted octanol–water partition coefficient (Wildman–Crippen LogP) is 5.36. The van der Waals surface area contributed by atoms with Crippen LogP contribution < -0.4 is 15.4 Å². The van der Waals surface area contributed by atoms with E-state index in [1.165, 1.54) is 5.57 Å². The number of carbonyl (C=O) groups excluding carboxylic acids is 1. The largest absolute Gasteiger partial charge is 0.497 e. The molecule has 8 nitrogen and oxygen atoms in total. The number of ether oxygens (including phenoxy) is 1. The van der Waals surface area contributed by atoms with Crippen LogP contribution in [0.5, 0.6) is 5.75 Å². The lowest BCUT2D eigenvalue weighted by atomic mass is 9.70. The second kappa shape index (κ2) is 11.2. The number of pyridine rings is 1. The Bertz CT molecular complexity index is 1140. The highest BCUT2D eigenvalue weighted by atomic mass is 16.5. The Labute approximate surface area is 206 Å². The van der Waals surface area contributed by atoms with E-state index in [2.05, 4.69) is 52.7 Å². The van der Waals surface area contributed by atoms with Crippen molar-refractivity contribution in [2.75, 3.05) is 19.0 Å². The van der Waals surface area contributed by atoms with Crippen molar-refractivity contribution in [3.05, 3.63) is 66.3 Å². The molecule has 2 heterocycles. The van der Waals surface area contributed by atoms with Crippen LogP contribution in [0.15, 0.2) is 64.9 Å². The van der Waals surface area contributed by atoms with E-state index in [-0.39, 0.29) is 11.9 Å². The summed E-state index contributed by atoms with van der Waals surface area (Å²) in [4.78, 5) is 16.5. The Morgan fingerprint density at radius 3 is 2.57 bits per heavy atom. The van der Waals surface area contributed by atoms with Crippen molar-refractivity contribution >= 4 is 11.7 Å². The lowest BCUT2D eigenvalue weighted by Gasteiger charge is -2.37. The number of allylic oxidation sites excluding steroid dienone is 1. The molecule has 0 saturated heterocycles. The molecule has 0 aliphatic heterocycles. The van der Waals surface area contributed by atoms with E-state index in [4.69, 9.17) is 9.15 Å². The highest BCUT2D eigenvalue weighted by molar-refractivity contribution is 5.89. The maximum Gasteiger partial charge on any atom is 0.319 e. The van der Waals surface area contributed by atoms with Crippen LogP contribution >= 0.6 is 0 Å². The molecule has 4 rings (SSSR count). The normalized spacial score (nSPS) is 19.8. The first-order chi connectivity index (χ1) is 16.9. The zero-order valence-electron chi connectivity index (χ0n) is 20.7. The summed E-state index contributed by atoms with van der Waals surface area (Å²) >= 11 is 0. The van der Waals surface area contributed by atoms with E-state index < -0.39 is 0 Å². The van der Waals surface area contributed by atoms with Crippen molar-refractivity contribution in [3.63, 3.8) is 0 Å². The van der Waals surface area contributed by atoms with Gasteiger partial charge in [-0.15, -0.1) is 10.2 Å². The van der Waals surface area contributed by atoms with Gasteiger partial charge < -0.3 is 19.8 Å². The highest BCUT2D eigenvalue weighted by Crippen LogP contribution is 2.38. The topological polar surface area (TPSA) is 102 Å². The second-order valence-corrected chi connectivity index (χ2v) is 9.42. The van der Waals surface area contributed by atoms with Gasteiger partial charge in [-0.25, -0.2) is 4.79 Å². The van der Waals surface area contributed by atoms with Crippen LogP contribution in [0.1, 0.15) is 33.1 Å². The van der Waals surface area contributed by atoms with E-state index in [0.29, 0.717) is 42.5 Å². The monoisotopic (exact) mass is 475 g/mol. The molecule has 0 radical (unpaired) electrons. The van der Waals surface area contributed by atoms with E-state index in [0.717, 1.165) is 23.4 Å². The number of hydrogen-bond donors (Lipinski definition) is 2. The Hall–Kier alpha value is -3.68. The minimum Gasteiger partial charge on any atom is -0.497 e. The first kappa shape index (κ1) is 24.4. The van der Waals surface area contributed by atoms with Crippen molar-refractivity contribution < 1.29 is 13.9 Å². The molecule has 2 aromatic heterocycles. The number of hydrogen-bond acceptors (Lipinski definition) is 6. The van der Waals surface area contributed by atoms with Gasteiger partial charge in [-0.1, -0.05) is 25.5 Å². The van der Waals surface area contributed by atoms with Crippen LogP contribution in [0.4, 0.5) is 10.5 Å². The molecule has 35 heavy (non-hydrogen) atoms. The van der Waals surface area contributed by atoms with Gasteiger partial charge in [-0.2, -0.15) is 0 Å². The van der Waals surface area contributed by atoms with Gasteiger partial charge in [0.25, 0.3) is 0 Å². The summed E-state index contributed by atoms with van der Waals surface area (Å²) < 4.78 is 11.1. The lowest BCUT2D eigenvalue weighted by molar-refractivity contribution is 0.215. The zero-order chi connectivity index (χ0) is 24.8. The number of methoxy groups -OCH3 is 1. The van der Waals surface area contributed by atoms with Crippen LogP contribution in [0.2, 0.25) is 0 Å². The third-order valence-corrected chi connectivity index (χ3v) is 6.75. The molecule has 1 aromatic carbocycles. The molecule has 3 atom stereocenters. The number of benzene rings is 1. The minimum atomic E-state index is -0.208. The van der Waals surface area contributed by atoms with Crippen LogP contribution in [-0.2, 0) is 6.42 Å². The van der Waals surface area contributed by atoms with Crippen molar-refractivity contribution in [1.82, 2.24) is 20.5 Å². The Morgan fingerprint density at radius 2 is 1.89 bits per heavy atom. The summed E-state index contributed by atoms with van der Waals surface area (Å²) in [7, 11) is 1.62. The Kier molecular flexibility index (Phi) is 7.80. The van der Waals surface area contributed by atoms with Gasteiger partial charge in [-0.3, -0.25) is 4.98 Å². The Balaban J connectivity index is 1.37. The Morgan fingerprint density at radius 1 is 1.14 bits per heavy atom. The molecule has 1 aliphatic rings. The quantitative estimate of drug-likeness (QED) is 0.425. The maximum absolute atomic E-state index is 12.5. The summed E-state index contributed by atoms with van der Waals surface area (Å²) in [6.07, 6.45) is 7.46. The van der Waals surface area contributed by atoms with E-state index in [9.17, 15) is 4.79 Å². The summed E-state index contributed by atoms with van der Waals surface area (Å²) in [5.74, 6) is 3.43. The maximum atomic E-state index is 12.5. The molecule has 0 saturated carbocycles. The molecule has 8 heteroatoms. The van der Waals surface area contributed by atoms with Crippen LogP contribution in [0.3, 0.4) is 0 Å². The molecular weight excluding hydrogens is 442 g/mol. The average molecular weight is 476 g/mol. The highest BCUT2D eigenvalue weighted by Gasteiger charge is 2.32. The molecule has 184 valence electrons. The molecule has 0 bridgehead atoms. The minimum absolute atomic E-state index is 0.208. The summed E-state index contributed by atoms with van der Waals surface area (Å²) in [5, 5.41) is 14.4. The van der Waals surface area contributed by atoms with E-state index in [1.54, 1.807) is 19.5 Å². The molecular formula is C27H33N5O3. The van der Waals surface area contributed by atoms with Crippen molar-refractivity contribution in [1.29, 1.82) is 0 Å². The van der Waals surface area contributed by atoms with Gasteiger partial charge in [0.1, 0.15) is 5.75 Å². The molecule has 0 spiro atoms. The number of nitrogens with one attached hydrogen (secondary N) is 2. The van der Waals surface area contributed by atoms with Crippen LogP contribution in [0.25, 0.3) is 11.5 Å². The second-order valence-electron chi connectivity index (χ2n) is 9.42. The van der Waals surface area contributed by atoms with Gasteiger partial charge >= 0.3 is 6.03 Å². The number of carbonyl (C=O) groups is 1. The summed E-state index contributed by atoms with van der Waals surface area (Å²) in [6, 6.07) is 10.8. The fourth-order valence-electron chi connectivity index (χ4n) is 4.73. The third-order valence-electron chi connectivity index (χ3n) is 6.75. The van der Waals surface area contributed by atoms with Crippen molar-refractivity contribution in [2.45, 2.75) is 33.6 Å². The van der Waals surface area contributed by atoms with E-state index >= 15 is 0 Å². The number of nitrogens with zero attached hydrogens (tertiary/aromatic N) is 3. The predicted molar refractivity (Wildman–Crippen MR) is 135 cm³/mol. The number of aromatic nitrogens is 3. The van der Waals surface area contributed by atoms with Gasteiger partial charge in [0.2, 0.25) is 11.8 Å². The third kappa shape index (κ3) is 6.26. The molecule has 1 aliphatic carbocycles. The smallest absolute Gasteiger partial charge is 0.319 e. The number of urea groups is 1. The van der Waals surface area contributed by atoms with Crippen molar-refractivity contribution in [3.8, 4) is 17.2 Å². The molecule has 3 unspecified atom stereocenters. The number of rotatable bonds is 8. The van der Waals surface area contributed by atoms with Gasteiger partial charge in [0.05, 0.1) is 7.11 Å². The SMILES string of the molecule is COc1ccc(NC(=O)NCC2C=C(C)C(Cc3nnc(-c4ccncc4)o3)CC2C(C)C)cc1. The standard InChI is InChI=1S/C27H33N5O3/c1-17(2)24-14-20(15-25-31-32-26(35-25)19-9-11-28-12-10-19)18(3)13-21(24)16-29-27(33)30-22-5-7-23(34-4)8-6-22/h5-13,17,20-21,24H,14-16H2,1-4H3,(H2,29,30,33). The van der Waals surface area contributed by atoms with Gasteiger partial charge in [-0.05, 0) is 73.4 Å². The van der Waals surface area contributed by atoms with Crippen LogP contribution in [-0.4, -0.2) is 34.9 Å². The van der Waals surface area contributed by atoms with E-state index in [1.807, 2.05) is 36.4 Å². The fraction of sp³-hybridized carbons (Fsp3) is 0.407. The first-order valence-corrected chi connectivity index (χ1v) is 12.0. The fourth-order valence-corrected chi connectivity index (χ4v) is 4.73. The molecule has 0 fully saturated rings. The lowest BCUT2D eigenvalue weighted by Crippen LogP contribution is -2.38. The van der Waals surface area contributed by atoms with Crippen molar-refractivity contribution in [2.24, 2.45) is 23.7 Å². The van der Waals surface area contributed by atoms with Gasteiger partial charge in [0, 0.05) is 36.6 Å². The van der Waals surface area contributed by atoms with Crippen LogP contribution in [0, 0.1) is 23.7 Å². The number of amides is 2. The molecule has 2 N–H and O–H groups in total. The first-order valence-electron chi connectivity index (χ1n) is 12.0.